The van der Waals surface area contributed by atoms with Crippen LogP contribution < -0.4 is 14.6 Å². The molecule has 0 aliphatic rings. The number of methoxy groups -OCH3 is 1. The highest BCUT2D eigenvalue weighted by atomic mass is 32.1. The van der Waals surface area contributed by atoms with Crippen molar-refractivity contribution in [1.82, 2.24) is 4.98 Å². The molecule has 0 saturated heterocycles. The molecule has 1 heterocycles. The monoisotopic (exact) mass is 382 g/mol. The highest BCUT2D eigenvalue weighted by Gasteiger charge is 2.11. The standard InChI is InChI=1S/C21H21NO4S/c1-3-26-18-13-14(8-10-17(18)25-2)12-15(9-11-20(23)24)21-22-16-6-4-5-7-19(16)27-21/h4-8,10,12-13H,3,9,11H2,1-2H3,(H,23,24)/p-1/b15-12+. The number of aromatic nitrogens is 1. The second kappa shape index (κ2) is 8.68. The summed E-state index contributed by atoms with van der Waals surface area (Å²) in [7, 11) is 1.60. The van der Waals surface area contributed by atoms with Gasteiger partial charge in [0.25, 0.3) is 0 Å². The van der Waals surface area contributed by atoms with Gasteiger partial charge in [-0.1, -0.05) is 18.2 Å². The number of para-hydroxylation sites is 1. The molecule has 0 bridgehead atoms. The van der Waals surface area contributed by atoms with Crippen LogP contribution in [0.1, 0.15) is 30.3 Å². The van der Waals surface area contributed by atoms with E-state index in [9.17, 15) is 9.90 Å². The SMILES string of the molecule is CCOc1cc(/C=C(\CCC(=O)[O-])c2nc3ccccc3s2)ccc1OC. The Balaban J connectivity index is 2.01. The van der Waals surface area contributed by atoms with E-state index in [1.165, 1.54) is 0 Å². The molecule has 0 radical (unpaired) electrons. The Bertz CT molecular complexity index is 944. The average molecular weight is 382 g/mol. The number of carboxylic acids is 1. The molecule has 0 fully saturated rings. The number of hydrogen-bond acceptors (Lipinski definition) is 6. The van der Waals surface area contributed by atoms with Crippen LogP contribution in [0.2, 0.25) is 0 Å². The minimum absolute atomic E-state index is 0.0593. The van der Waals surface area contributed by atoms with Crippen LogP contribution >= 0.6 is 11.3 Å². The van der Waals surface area contributed by atoms with Crippen molar-refractivity contribution in [3.8, 4) is 11.5 Å². The molecule has 27 heavy (non-hydrogen) atoms. The lowest BCUT2D eigenvalue weighted by molar-refractivity contribution is -0.305. The molecule has 0 aliphatic carbocycles. The number of aliphatic carboxylic acids is 1. The van der Waals surface area contributed by atoms with E-state index in [0.29, 0.717) is 24.5 Å². The summed E-state index contributed by atoms with van der Waals surface area (Å²) in [6, 6.07) is 13.5. The number of carboxylic acid groups (broad SMARTS) is 1. The Morgan fingerprint density at radius 3 is 2.70 bits per heavy atom. The Kier molecular flexibility index (Phi) is 6.08. The Morgan fingerprint density at radius 2 is 2.00 bits per heavy atom. The molecule has 3 aromatic rings. The second-order valence-corrected chi connectivity index (χ2v) is 6.90. The third kappa shape index (κ3) is 4.65. The molecule has 1 aromatic heterocycles. The lowest BCUT2D eigenvalue weighted by atomic mass is 10.1. The van der Waals surface area contributed by atoms with Crippen molar-refractivity contribution >= 4 is 39.2 Å². The number of allylic oxidation sites excluding steroid dienone is 1. The molecule has 0 saturated carbocycles. The lowest BCUT2D eigenvalue weighted by Gasteiger charge is -2.11. The molecule has 0 N–H and O–H groups in total. The van der Waals surface area contributed by atoms with E-state index in [-0.39, 0.29) is 6.42 Å². The van der Waals surface area contributed by atoms with Gasteiger partial charge < -0.3 is 19.4 Å². The van der Waals surface area contributed by atoms with E-state index in [0.717, 1.165) is 26.4 Å². The van der Waals surface area contributed by atoms with E-state index in [2.05, 4.69) is 4.98 Å². The van der Waals surface area contributed by atoms with Gasteiger partial charge in [0.15, 0.2) is 11.5 Å². The molecule has 2 aromatic carbocycles. The zero-order valence-electron chi connectivity index (χ0n) is 15.2. The summed E-state index contributed by atoms with van der Waals surface area (Å²) >= 11 is 1.55. The Hall–Kier alpha value is -2.86. The molecule has 0 unspecified atom stereocenters. The zero-order valence-corrected chi connectivity index (χ0v) is 16.0. The summed E-state index contributed by atoms with van der Waals surface area (Å²) in [6.07, 6.45) is 2.23. The van der Waals surface area contributed by atoms with Gasteiger partial charge in [0.1, 0.15) is 5.01 Å². The lowest BCUT2D eigenvalue weighted by Crippen LogP contribution is -2.21. The molecular formula is C21H20NO4S-. The van der Waals surface area contributed by atoms with Crippen molar-refractivity contribution in [3.05, 3.63) is 53.0 Å². The third-order valence-electron chi connectivity index (χ3n) is 4.00. The normalized spacial score (nSPS) is 11.6. The van der Waals surface area contributed by atoms with Gasteiger partial charge in [-0.05, 0) is 61.2 Å². The fourth-order valence-corrected chi connectivity index (χ4v) is 3.75. The van der Waals surface area contributed by atoms with Crippen LogP contribution in [0.4, 0.5) is 0 Å². The van der Waals surface area contributed by atoms with Crippen molar-refractivity contribution in [2.75, 3.05) is 13.7 Å². The average Bonchev–Trinajstić information content (AvgIpc) is 3.09. The maximum absolute atomic E-state index is 11.0. The van der Waals surface area contributed by atoms with E-state index >= 15 is 0 Å². The van der Waals surface area contributed by atoms with Crippen molar-refractivity contribution < 1.29 is 19.4 Å². The predicted octanol–water partition coefficient (Wildman–Crippen LogP) is 3.77. The van der Waals surface area contributed by atoms with Gasteiger partial charge in [-0.25, -0.2) is 4.98 Å². The summed E-state index contributed by atoms with van der Waals surface area (Å²) in [5, 5.41) is 11.8. The van der Waals surface area contributed by atoms with E-state index < -0.39 is 5.97 Å². The topological polar surface area (TPSA) is 71.5 Å². The summed E-state index contributed by atoms with van der Waals surface area (Å²) in [6.45, 7) is 2.44. The predicted molar refractivity (Wildman–Crippen MR) is 106 cm³/mol. The van der Waals surface area contributed by atoms with Gasteiger partial charge >= 0.3 is 0 Å². The third-order valence-corrected chi connectivity index (χ3v) is 5.11. The number of thiazole rings is 1. The van der Waals surface area contributed by atoms with Crippen molar-refractivity contribution in [2.24, 2.45) is 0 Å². The molecule has 3 rings (SSSR count). The van der Waals surface area contributed by atoms with Crippen LogP contribution in [0.15, 0.2) is 42.5 Å². The number of ether oxygens (including phenoxy) is 2. The number of carbonyl (C=O) groups excluding carboxylic acids is 1. The van der Waals surface area contributed by atoms with Crippen molar-refractivity contribution in [3.63, 3.8) is 0 Å². The fourth-order valence-electron chi connectivity index (χ4n) is 2.74. The molecule has 0 amide bonds. The molecule has 6 heteroatoms. The number of benzene rings is 2. The molecular weight excluding hydrogens is 362 g/mol. The zero-order chi connectivity index (χ0) is 19.2. The quantitative estimate of drug-likeness (QED) is 0.593. The van der Waals surface area contributed by atoms with Crippen LogP contribution in [-0.2, 0) is 4.79 Å². The van der Waals surface area contributed by atoms with Crippen LogP contribution in [0.3, 0.4) is 0 Å². The number of rotatable bonds is 8. The highest BCUT2D eigenvalue weighted by molar-refractivity contribution is 7.19. The van der Waals surface area contributed by atoms with Crippen LogP contribution in [0, 0.1) is 0 Å². The first-order chi connectivity index (χ1) is 13.1. The van der Waals surface area contributed by atoms with Gasteiger partial charge in [0, 0.05) is 5.97 Å². The number of fused-ring (bicyclic) bond motifs is 1. The number of carbonyl (C=O) groups is 1. The van der Waals surface area contributed by atoms with Crippen molar-refractivity contribution in [1.29, 1.82) is 0 Å². The number of hydrogen-bond donors (Lipinski definition) is 0. The van der Waals surface area contributed by atoms with Gasteiger partial charge in [-0.2, -0.15) is 0 Å². The smallest absolute Gasteiger partial charge is 0.161 e. The van der Waals surface area contributed by atoms with Gasteiger partial charge in [-0.3, -0.25) is 0 Å². The molecule has 0 aliphatic heterocycles. The summed E-state index contributed by atoms with van der Waals surface area (Å²) in [5.74, 6) is 0.231. The Morgan fingerprint density at radius 1 is 1.19 bits per heavy atom. The van der Waals surface area contributed by atoms with E-state index in [4.69, 9.17) is 9.47 Å². The molecule has 140 valence electrons. The largest absolute Gasteiger partial charge is 0.550 e. The minimum Gasteiger partial charge on any atom is -0.550 e. The molecule has 0 atom stereocenters. The minimum atomic E-state index is -1.08. The maximum atomic E-state index is 11.0. The molecule has 0 spiro atoms. The van der Waals surface area contributed by atoms with Gasteiger partial charge in [0.2, 0.25) is 0 Å². The van der Waals surface area contributed by atoms with Gasteiger partial charge in [-0.15, -0.1) is 11.3 Å². The van der Waals surface area contributed by atoms with E-state index in [1.807, 2.05) is 55.5 Å². The summed E-state index contributed by atoms with van der Waals surface area (Å²) in [5.41, 5.74) is 2.65. The fraction of sp³-hybridized carbons (Fsp3) is 0.238. The van der Waals surface area contributed by atoms with Gasteiger partial charge in [0.05, 0.1) is 23.9 Å². The Labute approximate surface area is 161 Å². The maximum Gasteiger partial charge on any atom is 0.161 e. The van der Waals surface area contributed by atoms with Crippen LogP contribution in [-0.4, -0.2) is 24.7 Å². The second-order valence-electron chi connectivity index (χ2n) is 5.87. The first-order valence-corrected chi connectivity index (χ1v) is 9.49. The highest BCUT2D eigenvalue weighted by Crippen LogP contribution is 2.33. The summed E-state index contributed by atoms with van der Waals surface area (Å²) < 4.78 is 12.0. The first kappa shape index (κ1) is 18.9. The summed E-state index contributed by atoms with van der Waals surface area (Å²) in [4.78, 5) is 15.7. The number of nitrogens with zero attached hydrogens (tertiary/aromatic N) is 1. The van der Waals surface area contributed by atoms with Crippen molar-refractivity contribution in [2.45, 2.75) is 19.8 Å². The van der Waals surface area contributed by atoms with Crippen LogP contribution in [0.5, 0.6) is 11.5 Å². The van der Waals surface area contributed by atoms with Crippen LogP contribution in [0.25, 0.3) is 21.9 Å². The van der Waals surface area contributed by atoms with E-state index in [1.54, 1.807) is 18.4 Å². The molecule has 5 nitrogen and oxygen atoms in total. The first-order valence-electron chi connectivity index (χ1n) is 8.68.